The zero-order chi connectivity index (χ0) is 13.8. The summed E-state index contributed by atoms with van der Waals surface area (Å²) in [5.41, 5.74) is 6.04. The topological polar surface area (TPSA) is 75.4 Å². The van der Waals surface area contributed by atoms with Gasteiger partial charge in [-0.15, -0.1) is 12.4 Å². The Morgan fingerprint density at radius 2 is 1.84 bits per heavy atom. The summed E-state index contributed by atoms with van der Waals surface area (Å²) in [6.45, 7) is -0.914. The highest BCUT2D eigenvalue weighted by molar-refractivity contribution is 5.85. The highest BCUT2D eigenvalue weighted by atomic mass is 35.5. The van der Waals surface area contributed by atoms with Crippen molar-refractivity contribution in [2.75, 3.05) is 6.54 Å². The minimum atomic E-state index is -4.76. The minimum Gasteiger partial charge on any atom is -0.382 e. The molecule has 0 bridgehead atoms. The Bertz CT molecular complexity index is 401. The van der Waals surface area contributed by atoms with E-state index in [0.717, 1.165) is 0 Å². The number of nitrogens with one attached hydrogen (secondary N) is 1. The molecule has 108 valence electrons. The molecule has 2 unspecified atom stereocenters. The van der Waals surface area contributed by atoms with E-state index in [0.29, 0.717) is 5.56 Å². The first-order chi connectivity index (χ1) is 8.32. The molecule has 1 aromatic rings. The van der Waals surface area contributed by atoms with Crippen LogP contribution in [0.25, 0.3) is 0 Å². The number of alkyl halides is 3. The standard InChI is InChI=1S/C11H13F3N2O2.ClH/c12-11(13,14)8(17)6-16-10(18)9(15)7-4-2-1-3-5-7;/h1-5,8-9,17H,6,15H2,(H,16,18);1H. The molecule has 0 heterocycles. The van der Waals surface area contributed by atoms with Crippen molar-refractivity contribution in [2.45, 2.75) is 18.3 Å². The van der Waals surface area contributed by atoms with Gasteiger partial charge in [-0.3, -0.25) is 4.79 Å². The normalized spacial score (nSPS) is 14.2. The van der Waals surface area contributed by atoms with Gasteiger partial charge < -0.3 is 16.2 Å². The van der Waals surface area contributed by atoms with Crippen LogP contribution in [0.1, 0.15) is 11.6 Å². The third kappa shape index (κ3) is 5.46. The molecular weight excluding hydrogens is 285 g/mol. The van der Waals surface area contributed by atoms with E-state index in [1.165, 1.54) is 0 Å². The molecule has 0 spiro atoms. The van der Waals surface area contributed by atoms with E-state index in [-0.39, 0.29) is 12.4 Å². The van der Waals surface area contributed by atoms with Crippen LogP contribution in [-0.2, 0) is 4.79 Å². The molecule has 0 saturated carbocycles. The summed E-state index contributed by atoms with van der Waals surface area (Å²) < 4.78 is 36.0. The quantitative estimate of drug-likeness (QED) is 0.780. The number of hydrogen-bond acceptors (Lipinski definition) is 3. The van der Waals surface area contributed by atoms with Gasteiger partial charge >= 0.3 is 6.18 Å². The average Bonchev–Trinajstić information content (AvgIpc) is 2.34. The summed E-state index contributed by atoms with van der Waals surface area (Å²) >= 11 is 0. The Balaban J connectivity index is 0.00000324. The number of aliphatic hydroxyl groups excluding tert-OH is 1. The Kier molecular flexibility index (Phi) is 6.82. The van der Waals surface area contributed by atoms with Gasteiger partial charge in [-0.25, -0.2) is 0 Å². The number of benzene rings is 1. The number of carbonyl (C=O) groups excluding carboxylic acids is 1. The van der Waals surface area contributed by atoms with Crippen molar-refractivity contribution in [3.05, 3.63) is 35.9 Å². The largest absolute Gasteiger partial charge is 0.416 e. The molecule has 0 radical (unpaired) electrons. The van der Waals surface area contributed by atoms with Crippen molar-refractivity contribution in [1.82, 2.24) is 5.32 Å². The molecule has 4 N–H and O–H groups in total. The maximum atomic E-state index is 12.0. The monoisotopic (exact) mass is 298 g/mol. The van der Waals surface area contributed by atoms with Gasteiger partial charge in [-0.05, 0) is 5.56 Å². The van der Waals surface area contributed by atoms with Crippen LogP contribution in [-0.4, -0.2) is 29.8 Å². The maximum Gasteiger partial charge on any atom is 0.416 e. The summed E-state index contributed by atoms with van der Waals surface area (Å²) in [5.74, 6) is -0.774. The molecule has 1 aromatic carbocycles. The van der Waals surface area contributed by atoms with E-state index < -0.39 is 30.8 Å². The first-order valence-corrected chi connectivity index (χ1v) is 5.15. The summed E-state index contributed by atoms with van der Waals surface area (Å²) in [6.07, 6.45) is -7.35. The predicted octanol–water partition coefficient (Wildman–Crippen LogP) is 1.15. The lowest BCUT2D eigenvalue weighted by atomic mass is 10.1. The summed E-state index contributed by atoms with van der Waals surface area (Å²) in [5, 5.41) is 10.7. The van der Waals surface area contributed by atoms with E-state index in [9.17, 15) is 18.0 Å². The van der Waals surface area contributed by atoms with Crippen LogP contribution >= 0.6 is 12.4 Å². The second kappa shape index (κ2) is 7.32. The van der Waals surface area contributed by atoms with Crippen molar-refractivity contribution in [3.8, 4) is 0 Å². The first-order valence-electron chi connectivity index (χ1n) is 5.15. The molecule has 4 nitrogen and oxygen atoms in total. The maximum absolute atomic E-state index is 12.0. The van der Waals surface area contributed by atoms with Crippen molar-refractivity contribution in [2.24, 2.45) is 5.73 Å². The third-order valence-corrected chi connectivity index (χ3v) is 2.29. The van der Waals surface area contributed by atoms with E-state index in [1.807, 2.05) is 5.32 Å². The Hall–Kier alpha value is -1.31. The number of hydrogen-bond donors (Lipinski definition) is 3. The molecule has 2 atom stereocenters. The van der Waals surface area contributed by atoms with E-state index >= 15 is 0 Å². The highest BCUT2D eigenvalue weighted by Crippen LogP contribution is 2.19. The number of carbonyl (C=O) groups is 1. The molecule has 0 aliphatic rings. The van der Waals surface area contributed by atoms with Gasteiger partial charge in [-0.2, -0.15) is 13.2 Å². The van der Waals surface area contributed by atoms with Crippen LogP contribution in [0, 0.1) is 0 Å². The summed E-state index contributed by atoms with van der Waals surface area (Å²) in [4.78, 5) is 11.5. The van der Waals surface area contributed by atoms with E-state index in [4.69, 9.17) is 10.8 Å². The predicted molar refractivity (Wildman–Crippen MR) is 65.7 cm³/mol. The van der Waals surface area contributed by atoms with Crippen molar-refractivity contribution >= 4 is 18.3 Å². The molecular formula is C11H14ClF3N2O2. The highest BCUT2D eigenvalue weighted by Gasteiger charge is 2.38. The zero-order valence-electron chi connectivity index (χ0n) is 9.72. The van der Waals surface area contributed by atoms with Gasteiger partial charge in [-0.1, -0.05) is 30.3 Å². The van der Waals surface area contributed by atoms with Crippen LogP contribution in [0.5, 0.6) is 0 Å². The molecule has 1 rings (SSSR count). The first kappa shape index (κ1) is 17.7. The fraction of sp³-hybridized carbons (Fsp3) is 0.364. The molecule has 0 aliphatic heterocycles. The van der Waals surface area contributed by atoms with Crippen LogP contribution < -0.4 is 11.1 Å². The Morgan fingerprint density at radius 1 is 1.32 bits per heavy atom. The molecule has 0 saturated heterocycles. The van der Waals surface area contributed by atoms with Gasteiger partial charge in [0.05, 0.1) is 6.54 Å². The van der Waals surface area contributed by atoms with Crippen LogP contribution in [0.3, 0.4) is 0 Å². The van der Waals surface area contributed by atoms with Crippen molar-refractivity contribution in [1.29, 1.82) is 0 Å². The molecule has 0 aliphatic carbocycles. The summed E-state index contributed by atoms with van der Waals surface area (Å²) in [6, 6.07) is 7.16. The van der Waals surface area contributed by atoms with Crippen LogP contribution in [0.2, 0.25) is 0 Å². The van der Waals surface area contributed by atoms with Gasteiger partial charge in [0.25, 0.3) is 0 Å². The van der Waals surface area contributed by atoms with Gasteiger partial charge in [0.15, 0.2) is 6.10 Å². The number of halogens is 4. The van der Waals surface area contributed by atoms with Gasteiger partial charge in [0, 0.05) is 0 Å². The van der Waals surface area contributed by atoms with E-state index in [1.54, 1.807) is 30.3 Å². The molecule has 0 aromatic heterocycles. The van der Waals surface area contributed by atoms with Crippen LogP contribution in [0.15, 0.2) is 30.3 Å². The molecule has 0 fully saturated rings. The lowest BCUT2D eigenvalue weighted by Gasteiger charge is -2.17. The second-order valence-corrected chi connectivity index (χ2v) is 3.69. The van der Waals surface area contributed by atoms with E-state index in [2.05, 4.69) is 0 Å². The van der Waals surface area contributed by atoms with Crippen LogP contribution in [0.4, 0.5) is 13.2 Å². The molecule has 1 amide bonds. The Labute approximate surface area is 114 Å². The summed E-state index contributed by atoms with van der Waals surface area (Å²) in [7, 11) is 0. The second-order valence-electron chi connectivity index (χ2n) is 3.69. The lowest BCUT2D eigenvalue weighted by Crippen LogP contribution is -2.43. The fourth-order valence-electron chi connectivity index (χ4n) is 1.23. The minimum absolute atomic E-state index is 0. The number of aliphatic hydroxyl groups is 1. The van der Waals surface area contributed by atoms with Crippen molar-refractivity contribution < 1.29 is 23.1 Å². The Morgan fingerprint density at radius 3 is 2.32 bits per heavy atom. The third-order valence-electron chi connectivity index (χ3n) is 2.29. The molecule has 19 heavy (non-hydrogen) atoms. The van der Waals surface area contributed by atoms with Crippen molar-refractivity contribution in [3.63, 3.8) is 0 Å². The SMILES string of the molecule is Cl.NC(C(=O)NCC(O)C(F)(F)F)c1ccccc1. The van der Waals surface area contributed by atoms with Gasteiger partial charge in [0.2, 0.25) is 5.91 Å². The molecule has 8 heteroatoms. The number of nitrogens with two attached hydrogens (primary N) is 1. The lowest BCUT2D eigenvalue weighted by molar-refractivity contribution is -0.201. The van der Waals surface area contributed by atoms with Gasteiger partial charge in [0.1, 0.15) is 6.04 Å². The number of rotatable bonds is 4. The fourth-order valence-corrected chi connectivity index (χ4v) is 1.23. The smallest absolute Gasteiger partial charge is 0.382 e. The average molecular weight is 299 g/mol. The zero-order valence-corrected chi connectivity index (χ0v) is 10.5. The number of amides is 1.